The van der Waals surface area contributed by atoms with Crippen LogP contribution in [0.5, 0.6) is 5.75 Å². The molecule has 1 aliphatic heterocycles. The molecule has 0 saturated carbocycles. The summed E-state index contributed by atoms with van der Waals surface area (Å²) < 4.78 is 21.4. The van der Waals surface area contributed by atoms with Gasteiger partial charge in [0.1, 0.15) is 23.7 Å². The number of rotatable bonds is 9. The summed E-state index contributed by atoms with van der Waals surface area (Å²) in [4.78, 5) is 28.0. The molecular formula is C40H33ClN8O4. The Kier molecular flexibility index (Phi) is 8.55. The van der Waals surface area contributed by atoms with Gasteiger partial charge in [0.25, 0.3) is 5.91 Å². The van der Waals surface area contributed by atoms with Crippen molar-refractivity contribution in [3.63, 3.8) is 0 Å². The van der Waals surface area contributed by atoms with Crippen LogP contribution >= 0.6 is 11.6 Å². The fraction of sp³-hybridized carbons (Fsp3) is 0.175. The Morgan fingerprint density at radius 3 is 2.62 bits per heavy atom. The van der Waals surface area contributed by atoms with E-state index >= 15 is 0 Å². The summed E-state index contributed by atoms with van der Waals surface area (Å²) in [6.07, 6.45) is 4.33. The van der Waals surface area contributed by atoms with Crippen molar-refractivity contribution in [1.29, 1.82) is 0 Å². The number of nitrogen functional groups attached to an aromatic ring is 1. The van der Waals surface area contributed by atoms with Gasteiger partial charge in [0.05, 0.1) is 30.4 Å². The molecule has 3 N–H and O–H groups in total. The van der Waals surface area contributed by atoms with E-state index in [1.54, 1.807) is 35.3 Å². The molecule has 1 amide bonds. The van der Waals surface area contributed by atoms with Crippen molar-refractivity contribution in [3.05, 3.63) is 142 Å². The van der Waals surface area contributed by atoms with Crippen molar-refractivity contribution in [2.45, 2.75) is 31.8 Å². The number of carbonyl (C=O) groups is 1. The number of nitrogens with one attached hydrogen (secondary N) is 1. The van der Waals surface area contributed by atoms with E-state index in [1.165, 1.54) is 0 Å². The molecule has 0 radical (unpaired) electrons. The number of nitrogens with zero attached hydrogens (tertiary/aromatic N) is 6. The van der Waals surface area contributed by atoms with E-state index in [2.05, 4.69) is 27.5 Å². The van der Waals surface area contributed by atoms with Gasteiger partial charge < -0.3 is 25.3 Å². The smallest absolute Gasteiger partial charge is 0.251 e. The van der Waals surface area contributed by atoms with E-state index < -0.39 is 6.29 Å². The first-order valence-electron chi connectivity index (χ1n) is 17.3. The molecular weight excluding hydrogens is 692 g/mol. The molecule has 2 aliphatic rings. The minimum Gasteiger partial charge on any atom is -0.488 e. The van der Waals surface area contributed by atoms with Crippen LogP contribution in [0.25, 0.3) is 34.1 Å². The van der Waals surface area contributed by atoms with Crippen LogP contribution < -0.4 is 15.8 Å². The average Bonchev–Trinajstić information content (AvgIpc) is 4.01. The number of anilines is 1. The fourth-order valence-corrected chi connectivity index (χ4v) is 7.09. The van der Waals surface area contributed by atoms with Crippen LogP contribution in [0.3, 0.4) is 0 Å². The highest BCUT2D eigenvalue weighted by atomic mass is 35.5. The van der Waals surface area contributed by atoms with Crippen LogP contribution in [0.1, 0.15) is 51.4 Å². The Balaban J connectivity index is 1.01. The number of imidazole rings is 1. The summed E-state index contributed by atoms with van der Waals surface area (Å²) in [6, 6.07) is 30.5. The van der Waals surface area contributed by atoms with E-state index in [9.17, 15) is 4.79 Å². The number of aromatic nitrogens is 6. The van der Waals surface area contributed by atoms with Gasteiger partial charge in [-0.05, 0) is 90.2 Å². The van der Waals surface area contributed by atoms with Crippen molar-refractivity contribution in [3.8, 4) is 28.6 Å². The highest BCUT2D eigenvalue weighted by molar-refractivity contribution is 6.29. The van der Waals surface area contributed by atoms with Crippen LogP contribution in [0, 0.1) is 0 Å². The molecule has 3 aromatic carbocycles. The van der Waals surface area contributed by atoms with Crippen molar-refractivity contribution in [1.82, 2.24) is 34.6 Å². The number of hydrogen-bond acceptors (Lipinski definition) is 9. The van der Waals surface area contributed by atoms with Gasteiger partial charge >= 0.3 is 0 Å². The summed E-state index contributed by atoms with van der Waals surface area (Å²) in [6.45, 7) is 1.33. The molecule has 264 valence electrons. The SMILES string of the molecule is Nc1ncccc1-c1nc2ccc(-n3ccc(Cl)n3)nc2n1-c1ccc2c(c1)CC[C@@H]2NC(=O)c1ccc(OCc2ccccc2)c(C2OCCO2)c1. The molecule has 53 heavy (non-hydrogen) atoms. The molecule has 4 aromatic heterocycles. The first-order valence-corrected chi connectivity index (χ1v) is 17.7. The van der Waals surface area contributed by atoms with E-state index in [1.807, 2.05) is 71.3 Å². The molecule has 0 spiro atoms. The fourth-order valence-electron chi connectivity index (χ4n) is 6.95. The predicted molar refractivity (Wildman–Crippen MR) is 199 cm³/mol. The summed E-state index contributed by atoms with van der Waals surface area (Å²) in [5.41, 5.74) is 13.6. The number of carbonyl (C=O) groups excluding carboxylic acids is 1. The molecule has 9 rings (SSSR count). The number of halogens is 1. The zero-order valence-electron chi connectivity index (χ0n) is 28.4. The van der Waals surface area contributed by atoms with Gasteiger partial charge in [-0.2, -0.15) is 5.10 Å². The number of nitrogens with two attached hydrogens (primary N) is 1. The summed E-state index contributed by atoms with van der Waals surface area (Å²) in [5.74, 6) is 1.98. The molecule has 13 heteroatoms. The van der Waals surface area contributed by atoms with Gasteiger partial charge in [-0.3, -0.25) is 9.36 Å². The number of amides is 1. The van der Waals surface area contributed by atoms with Gasteiger partial charge in [-0.1, -0.05) is 48.0 Å². The third-order valence-corrected chi connectivity index (χ3v) is 9.71. The number of benzene rings is 3. The molecule has 1 fully saturated rings. The Labute approximate surface area is 309 Å². The maximum atomic E-state index is 13.8. The zero-order valence-corrected chi connectivity index (χ0v) is 29.1. The van der Waals surface area contributed by atoms with Crippen molar-refractivity contribution >= 4 is 34.5 Å². The topological polar surface area (TPSA) is 144 Å². The van der Waals surface area contributed by atoms with E-state index in [4.69, 9.17) is 41.5 Å². The predicted octanol–water partition coefficient (Wildman–Crippen LogP) is 6.95. The van der Waals surface area contributed by atoms with Crippen molar-refractivity contribution in [2.75, 3.05) is 18.9 Å². The summed E-state index contributed by atoms with van der Waals surface area (Å²) >= 11 is 6.12. The third-order valence-electron chi connectivity index (χ3n) is 9.51. The molecule has 1 atom stereocenters. The Bertz CT molecular complexity index is 2480. The lowest BCUT2D eigenvalue weighted by molar-refractivity contribution is -0.0459. The minimum absolute atomic E-state index is 0.176. The van der Waals surface area contributed by atoms with Crippen LogP contribution in [-0.2, 0) is 22.5 Å². The average molecular weight is 725 g/mol. The number of fused-ring (bicyclic) bond motifs is 2. The normalized spacial score (nSPS) is 15.5. The van der Waals surface area contributed by atoms with Crippen LogP contribution in [0.15, 0.2) is 109 Å². The second-order valence-corrected chi connectivity index (χ2v) is 13.2. The standard InChI is InChI=1S/C40H33ClN8O4/c41-34-16-18-48(47-34)35-15-13-32-38(46-35)49(37(44-32)29-7-4-17-43-36(29)42)27-10-11-28-25(21-27)8-12-31(28)45-39(50)26-9-14-33(30(22-26)40-51-19-20-52-40)53-23-24-5-2-1-3-6-24/h1-7,9-11,13-18,21-22,31,40H,8,12,19-20,23H2,(H2,42,43)(H,45,50)/t31-/m0/s1. The van der Waals surface area contributed by atoms with Crippen LogP contribution in [0.4, 0.5) is 5.82 Å². The minimum atomic E-state index is -0.603. The zero-order chi connectivity index (χ0) is 35.9. The Morgan fingerprint density at radius 1 is 0.943 bits per heavy atom. The van der Waals surface area contributed by atoms with Gasteiger partial charge in [0.2, 0.25) is 0 Å². The molecule has 0 bridgehead atoms. The second kappa shape index (κ2) is 13.8. The molecule has 1 saturated heterocycles. The second-order valence-electron chi connectivity index (χ2n) is 12.9. The first-order chi connectivity index (χ1) is 26.0. The lowest BCUT2D eigenvalue weighted by Gasteiger charge is -2.19. The molecule has 7 aromatic rings. The van der Waals surface area contributed by atoms with E-state index in [0.29, 0.717) is 76.0 Å². The summed E-state index contributed by atoms with van der Waals surface area (Å²) in [7, 11) is 0. The maximum Gasteiger partial charge on any atom is 0.251 e. The van der Waals surface area contributed by atoms with Gasteiger partial charge in [-0.15, -0.1) is 0 Å². The Morgan fingerprint density at radius 2 is 1.81 bits per heavy atom. The number of ether oxygens (including phenoxy) is 3. The number of aryl methyl sites for hydroxylation is 1. The van der Waals surface area contributed by atoms with Crippen LogP contribution in [0.2, 0.25) is 5.15 Å². The highest BCUT2D eigenvalue weighted by Gasteiger charge is 2.28. The highest BCUT2D eigenvalue weighted by Crippen LogP contribution is 2.37. The quantitative estimate of drug-likeness (QED) is 0.162. The molecule has 1 aliphatic carbocycles. The van der Waals surface area contributed by atoms with Crippen molar-refractivity contribution < 1.29 is 19.0 Å². The van der Waals surface area contributed by atoms with Gasteiger partial charge in [0.15, 0.2) is 28.7 Å². The number of pyridine rings is 2. The van der Waals surface area contributed by atoms with E-state index in [0.717, 1.165) is 35.2 Å². The van der Waals surface area contributed by atoms with Crippen molar-refractivity contribution in [2.24, 2.45) is 0 Å². The largest absolute Gasteiger partial charge is 0.488 e. The maximum absolute atomic E-state index is 13.8. The van der Waals surface area contributed by atoms with E-state index in [-0.39, 0.29) is 11.9 Å². The lowest BCUT2D eigenvalue weighted by atomic mass is 10.1. The van der Waals surface area contributed by atoms with Crippen LogP contribution in [-0.4, -0.2) is 48.4 Å². The first kappa shape index (κ1) is 32.8. The molecule has 12 nitrogen and oxygen atoms in total. The summed E-state index contributed by atoms with van der Waals surface area (Å²) in [5, 5.41) is 7.96. The third kappa shape index (κ3) is 6.37. The monoisotopic (exact) mass is 724 g/mol. The molecule has 0 unspecified atom stereocenters. The number of hydrogen-bond donors (Lipinski definition) is 2. The lowest BCUT2D eigenvalue weighted by Crippen LogP contribution is -2.27. The van der Waals surface area contributed by atoms with Gasteiger partial charge in [0, 0.05) is 23.6 Å². The Hall–Kier alpha value is -6.08. The van der Waals surface area contributed by atoms with Gasteiger partial charge in [-0.25, -0.2) is 19.6 Å². The molecule has 5 heterocycles.